The first kappa shape index (κ1) is 16.8. The summed E-state index contributed by atoms with van der Waals surface area (Å²) in [6.07, 6.45) is 1.35. The van der Waals surface area contributed by atoms with Crippen LogP contribution in [0.15, 0.2) is 28.2 Å². The van der Waals surface area contributed by atoms with Gasteiger partial charge in [0.05, 0.1) is 5.69 Å². The Morgan fingerprint density at radius 1 is 1.19 bits per heavy atom. The number of phenols is 1. The summed E-state index contributed by atoms with van der Waals surface area (Å²) in [5.41, 5.74) is 1.70. The van der Waals surface area contributed by atoms with Gasteiger partial charge in [0, 0.05) is 6.07 Å². The fourth-order valence-corrected chi connectivity index (χ4v) is 0.840. The maximum Gasteiger partial charge on any atom is 0.117 e. The van der Waals surface area contributed by atoms with Crippen molar-refractivity contribution in [1.29, 1.82) is 0 Å². The molecule has 0 amide bonds. The van der Waals surface area contributed by atoms with Crippen LogP contribution < -0.4 is 0 Å². The molecule has 0 saturated carbocycles. The number of aliphatic imine (C=N–C) groups is 2. The van der Waals surface area contributed by atoms with Crippen LogP contribution in [-0.4, -0.2) is 18.2 Å². The molecule has 0 heterocycles. The molecule has 0 unspecified atom stereocenters. The number of hydrogen-bond acceptors (Lipinski definition) is 2. The van der Waals surface area contributed by atoms with Gasteiger partial charge in [-0.3, -0.25) is 4.99 Å². The van der Waals surface area contributed by atoms with Crippen molar-refractivity contribution >= 4 is 18.7 Å². The first-order chi connectivity index (χ1) is 7.74. The third kappa shape index (κ3) is 6.76. The Bertz CT molecular complexity index is 320. The fourth-order valence-electron chi connectivity index (χ4n) is 0.840. The van der Waals surface area contributed by atoms with Gasteiger partial charge in [-0.15, -0.1) is 0 Å². The van der Waals surface area contributed by atoms with Crippen LogP contribution in [0.25, 0.3) is 0 Å². The van der Waals surface area contributed by atoms with Crippen LogP contribution in [0.1, 0.15) is 33.3 Å². The van der Waals surface area contributed by atoms with Crippen LogP contribution in [-0.2, 0) is 0 Å². The summed E-state index contributed by atoms with van der Waals surface area (Å²) < 4.78 is 0. The summed E-state index contributed by atoms with van der Waals surface area (Å²) in [6, 6.07) is 5.00. The quantitative estimate of drug-likeness (QED) is 0.594. The largest absolute Gasteiger partial charge is 0.508 e. The highest BCUT2D eigenvalue weighted by Crippen LogP contribution is 2.22. The van der Waals surface area contributed by atoms with E-state index in [2.05, 4.69) is 16.7 Å². The van der Waals surface area contributed by atoms with Gasteiger partial charge in [0.1, 0.15) is 12.1 Å². The van der Waals surface area contributed by atoms with Crippen LogP contribution in [0.3, 0.4) is 0 Å². The van der Waals surface area contributed by atoms with Crippen molar-refractivity contribution in [1.82, 2.24) is 0 Å². The van der Waals surface area contributed by atoms with Crippen molar-refractivity contribution in [2.24, 2.45) is 9.98 Å². The molecule has 0 fully saturated rings. The molecule has 1 aromatic rings. The molecular weight excluding hydrogens is 200 g/mol. The number of benzene rings is 1. The zero-order valence-electron chi connectivity index (χ0n) is 10.9. The second-order valence-corrected chi connectivity index (χ2v) is 2.40. The maximum absolute atomic E-state index is 9.12. The monoisotopic (exact) mass is 222 g/mol. The van der Waals surface area contributed by atoms with Gasteiger partial charge in [-0.25, -0.2) is 4.99 Å². The van der Waals surface area contributed by atoms with E-state index < -0.39 is 0 Å². The lowest BCUT2D eigenvalue weighted by atomic mass is 10.2. The molecule has 0 saturated heterocycles. The Kier molecular flexibility index (Phi) is 12.0. The fraction of sp³-hybridized carbons (Fsp3) is 0.385. The summed E-state index contributed by atoms with van der Waals surface area (Å²) in [7, 11) is 0. The summed E-state index contributed by atoms with van der Waals surface area (Å²) >= 11 is 0. The summed E-state index contributed by atoms with van der Waals surface area (Å²) in [4.78, 5) is 7.45. The molecule has 0 aliphatic carbocycles. The molecule has 0 spiro atoms. The van der Waals surface area contributed by atoms with Crippen molar-refractivity contribution in [2.45, 2.75) is 34.6 Å². The van der Waals surface area contributed by atoms with Crippen LogP contribution in [0, 0.1) is 6.92 Å². The molecule has 1 rings (SSSR count). The van der Waals surface area contributed by atoms with Crippen LogP contribution in [0.2, 0.25) is 0 Å². The number of aromatic hydroxyl groups is 1. The zero-order chi connectivity index (χ0) is 13.0. The van der Waals surface area contributed by atoms with Crippen molar-refractivity contribution < 1.29 is 5.11 Å². The van der Waals surface area contributed by atoms with Crippen LogP contribution in [0.4, 0.5) is 5.69 Å². The van der Waals surface area contributed by atoms with Gasteiger partial charge >= 0.3 is 0 Å². The Hall–Kier alpha value is -1.64. The summed E-state index contributed by atoms with van der Waals surface area (Å²) in [6.45, 7) is 13.2. The predicted octanol–water partition coefficient (Wildman–Crippen LogP) is 4.11. The highest BCUT2D eigenvalue weighted by atomic mass is 16.3. The molecule has 1 N–H and O–H groups in total. The average Bonchev–Trinajstić information content (AvgIpc) is 2.35. The van der Waals surface area contributed by atoms with E-state index in [4.69, 9.17) is 5.11 Å². The topological polar surface area (TPSA) is 45.0 Å². The highest BCUT2D eigenvalue weighted by molar-refractivity contribution is 5.67. The molecule has 16 heavy (non-hydrogen) atoms. The number of hydrogen-bond donors (Lipinski definition) is 1. The molecule has 0 aliphatic rings. The molecule has 0 aromatic heterocycles. The van der Waals surface area contributed by atoms with Crippen molar-refractivity contribution in [3.63, 3.8) is 0 Å². The summed E-state index contributed by atoms with van der Waals surface area (Å²) in [5.74, 6) is 0.205. The van der Waals surface area contributed by atoms with E-state index in [0.29, 0.717) is 5.69 Å². The minimum atomic E-state index is 0.205. The number of rotatable bonds is 2. The van der Waals surface area contributed by atoms with E-state index in [1.165, 1.54) is 6.34 Å². The third-order valence-corrected chi connectivity index (χ3v) is 1.47. The van der Waals surface area contributed by atoms with Gasteiger partial charge in [0.25, 0.3) is 0 Å². The normalized spacial score (nSPS) is 8.56. The van der Waals surface area contributed by atoms with Crippen molar-refractivity contribution in [3.05, 3.63) is 23.8 Å². The lowest BCUT2D eigenvalue weighted by molar-refractivity contribution is 0.475. The molecule has 0 bridgehead atoms. The van der Waals surface area contributed by atoms with Crippen molar-refractivity contribution in [2.75, 3.05) is 0 Å². The molecule has 0 radical (unpaired) electrons. The average molecular weight is 222 g/mol. The van der Waals surface area contributed by atoms with Crippen LogP contribution >= 0.6 is 0 Å². The van der Waals surface area contributed by atoms with Gasteiger partial charge in [-0.1, -0.05) is 33.8 Å². The van der Waals surface area contributed by atoms with E-state index in [9.17, 15) is 0 Å². The number of nitrogens with zero attached hydrogens (tertiary/aromatic N) is 2. The van der Waals surface area contributed by atoms with E-state index in [0.717, 1.165) is 5.56 Å². The lowest BCUT2D eigenvalue weighted by Gasteiger charge is -1.98. The molecule has 3 heteroatoms. The maximum atomic E-state index is 9.12. The molecule has 0 aliphatic heterocycles. The highest BCUT2D eigenvalue weighted by Gasteiger charge is 1.95. The van der Waals surface area contributed by atoms with E-state index in [1.54, 1.807) is 18.2 Å². The molecule has 3 nitrogen and oxygen atoms in total. The molecule has 1 aromatic carbocycles. The minimum absolute atomic E-state index is 0.205. The standard InChI is InChI=1S/C9H10N2O.2C2H6/c1-7-3-4-8(12)5-9(7)11-6-10-2;2*1-2/h3-6,12H,2H2,1H3;2*1-2H3. The second-order valence-electron chi connectivity index (χ2n) is 2.40. The van der Waals surface area contributed by atoms with E-state index in [-0.39, 0.29) is 5.75 Å². The van der Waals surface area contributed by atoms with E-state index >= 15 is 0 Å². The number of aryl methyl sites for hydroxylation is 1. The first-order valence-corrected chi connectivity index (χ1v) is 5.52. The third-order valence-electron chi connectivity index (χ3n) is 1.47. The zero-order valence-corrected chi connectivity index (χ0v) is 10.9. The van der Waals surface area contributed by atoms with E-state index in [1.807, 2.05) is 34.6 Å². The van der Waals surface area contributed by atoms with Crippen molar-refractivity contribution in [3.8, 4) is 5.75 Å². The minimum Gasteiger partial charge on any atom is -0.508 e. The Morgan fingerprint density at radius 2 is 1.75 bits per heavy atom. The van der Waals surface area contributed by atoms with Gasteiger partial charge in [0.15, 0.2) is 0 Å². The Labute approximate surface area is 98.6 Å². The summed E-state index contributed by atoms with van der Waals surface area (Å²) in [5, 5.41) is 9.12. The molecule has 90 valence electrons. The molecule has 0 atom stereocenters. The van der Waals surface area contributed by atoms with Gasteiger partial charge in [-0.05, 0) is 25.3 Å². The van der Waals surface area contributed by atoms with Gasteiger partial charge in [0.2, 0.25) is 0 Å². The van der Waals surface area contributed by atoms with Crippen LogP contribution in [0.5, 0.6) is 5.75 Å². The predicted molar refractivity (Wildman–Crippen MR) is 73.2 cm³/mol. The Morgan fingerprint density at radius 3 is 2.25 bits per heavy atom. The second kappa shape index (κ2) is 11.4. The SMILES string of the molecule is C=NC=Nc1cc(O)ccc1C.CC.CC. The first-order valence-electron chi connectivity index (χ1n) is 5.52. The Balaban J connectivity index is 0. The van der Waals surface area contributed by atoms with Gasteiger partial charge < -0.3 is 5.11 Å². The smallest absolute Gasteiger partial charge is 0.117 e. The lowest BCUT2D eigenvalue weighted by Crippen LogP contribution is -1.74. The van der Waals surface area contributed by atoms with Gasteiger partial charge in [-0.2, -0.15) is 0 Å². The number of phenolic OH excluding ortho intramolecular Hbond substituents is 1. The molecular formula is C13H22N2O.